The van der Waals surface area contributed by atoms with Gasteiger partial charge in [-0.2, -0.15) is 0 Å². The maximum absolute atomic E-state index is 13.9. The van der Waals surface area contributed by atoms with E-state index in [1.54, 1.807) is 6.07 Å². The average Bonchev–Trinajstić information content (AvgIpc) is 2.61. The number of halogens is 1. The Kier molecular flexibility index (Phi) is 6.19. The molecule has 1 saturated heterocycles. The molecule has 1 heterocycles. The highest BCUT2D eigenvalue weighted by molar-refractivity contribution is 5.25. The molecule has 3 rings (SSSR count). The Labute approximate surface area is 149 Å². The van der Waals surface area contributed by atoms with Gasteiger partial charge in [-0.1, -0.05) is 42.5 Å². The molecular weight excluding hydrogens is 315 g/mol. The lowest BCUT2D eigenvalue weighted by molar-refractivity contribution is 0.0493. The molecule has 3 nitrogen and oxygen atoms in total. The molecule has 25 heavy (non-hydrogen) atoms. The summed E-state index contributed by atoms with van der Waals surface area (Å²) in [5, 5.41) is 9.47. The lowest BCUT2D eigenvalue weighted by atomic mass is 10.0. The SMILES string of the molecule is Cc1ccccc1CN1CCN(Cc2ccccc2F)C[C@H]1CCO. The third-order valence-electron chi connectivity index (χ3n) is 5.14. The van der Waals surface area contributed by atoms with Gasteiger partial charge in [0.15, 0.2) is 0 Å². The predicted octanol–water partition coefficient (Wildman–Crippen LogP) is 3.20. The summed E-state index contributed by atoms with van der Waals surface area (Å²) in [4.78, 5) is 4.75. The first-order valence-electron chi connectivity index (χ1n) is 9.02. The van der Waals surface area contributed by atoms with E-state index in [4.69, 9.17) is 0 Å². The summed E-state index contributed by atoms with van der Waals surface area (Å²) in [5.74, 6) is -0.136. The summed E-state index contributed by atoms with van der Waals surface area (Å²) in [6.45, 7) is 6.58. The summed E-state index contributed by atoms with van der Waals surface area (Å²) in [5.41, 5.74) is 3.39. The van der Waals surface area contributed by atoms with E-state index in [2.05, 4.69) is 41.0 Å². The molecule has 0 aliphatic carbocycles. The van der Waals surface area contributed by atoms with Gasteiger partial charge in [-0.15, -0.1) is 0 Å². The number of aryl methyl sites for hydroxylation is 1. The number of nitrogens with zero attached hydrogens (tertiary/aromatic N) is 2. The Morgan fingerprint density at radius 3 is 2.44 bits per heavy atom. The van der Waals surface area contributed by atoms with Gasteiger partial charge in [0, 0.05) is 50.9 Å². The fourth-order valence-corrected chi connectivity index (χ4v) is 3.61. The number of hydrogen-bond acceptors (Lipinski definition) is 3. The van der Waals surface area contributed by atoms with Crippen molar-refractivity contribution >= 4 is 0 Å². The van der Waals surface area contributed by atoms with E-state index < -0.39 is 0 Å². The van der Waals surface area contributed by atoms with Crippen molar-refractivity contribution in [3.63, 3.8) is 0 Å². The van der Waals surface area contributed by atoms with Gasteiger partial charge in [-0.05, 0) is 30.5 Å². The number of hydrogen-bond donors (Lipinski definition) is 1. The molecule has 2 aromatic carbocycles. The fraction of sp³-hybridized carbons (Fsp3) is 0.429. The van der Waals surface area contributed by atoms with Crippen molar-refractivity contribution in [2.75, 3.05) is 26.2 Å². The number of rotatable bonds is 6. The largest absolute Gasteiger partial charge is 0.396 e. The van der Waals surface area contributed by atoms with E-state index in [-0.39, 0.29) is 12.4 Å². The highest BCUT2D eigenvalue weighted by Crippen LogP contribution is 2.20. The summed E-state index contributed by atoms with van der Waals surface area (Å²) >= 11 is 0. The van der Waals surface area contributed by atoms with Gasteiger partial charge in [0.2, 0.25) is 0 Å². The first kappa shape index (κ1) is 18.1. The van der Waals surface area contributed by atoms with Crippen LogP contribution in [0.15, 0.2) is 48.5 Å². The second-order valence-corrected chi connectivity index (χ2v) is 6.89. The van der Waals surface area contributed by atoms with Crippen LogP contribution in [0.25, 0.3) is 0 Å². The smallest absolute Gasteiger partial charge is 0.127 e. The Balaban J connectivity index is 1.66. The molecule has 0 amide bonds. The second kappa shape index (κ2) is 8.56. The number of aliphatic hydroxyl groups is 1. The third-order valence-corrected chi connectivity index (χ3v) is 5.14. The molecule has 2 aromatic rings. The Morgan fingerprint density at radius 1 is 1.00 bits per heavy atom. The van der Waals surface area contributed by atoms with Crippen LogP contribution in [-0.2, 0) is 13.1 Å². The zero-order valence-corrected chi connectivity index (χ0v) is 14.9. The molecule has 134 valence electrons. The van der Waals surface area contributed by atoms with Gasteiger partial charge < -0.3 is 5.11 Å². The molecule has 4 heteroatoms. The van der Waals surface area contributed by atoms with Crippen LogP contribution in [0.3, 0.4) is 0 Å². The van der Waals surface area contributed by atoms with E-state index in [1.807, 2.05) is 12.1 Å². The first-order valence-corrected chi connectivity index (χ1v) is 9.02. The van der Waals surface area contributed by atoms with Crippen molar-refractivity contribution in [2.24, 2.45) is 0 Å². The van der Waals surface area contributed by atoms with E-state index in [9.17, 15) is 9.50 Å². The minimum absolute atomic E-state index is 0.136. The molecule has 1 fully saturated rings. The maximum Gasteiger partial charge on any atom is 0.127 e. The van der Waals surface area contributed by atoms with Crippen molar-refractivity contribution in [2.45, 2.75) is 32.5 Å². The third kappa shape index (κ3) is 4.66. The molecular formula is C21H27FN2O. The average molecular weight is 342 g/mol. The van der Waals surface area contributed by atoms with Crippen LogP contribution in [0.5, 0.6) is 0 Å². The van der Waals surface area contributed by atoms with Gasteiger partial charge >= 0.3 is 0 Å². The Hall–Kier alpha value is -1.75. The van der Waals surface area contributed by atoms with Crippen molar-refractivity contribution in [3.05, 3.63) is 71.0 Å². The van der Waals surface area contributed by atoms with Crippen molar-refractivity contribution in [1.82, 2.24) is 9.80 Å². The topological polar surface area (TPSA) is 26.7 Å². The van der Waals surface area contributed by atoms with Crippen LogP contribution in [0.1, 0.15) is 23.1 Å². The molecule has 0 radical (unpaired) electrons. The van der Waals surface area contributed by atoms with E-state index in [0.717, 1.165) is 38.2 Å². The van der Waals surface area contributed by atoms with Crippen LogP contribution >= 0.6 is 0 Å². The van der Waals surface area contributed by atoms with Crippen LogP contribution in [0.2, 0.25) is 0 Å². The lowest BCUT2D eigenvalue weighted by Crippen LogP contribution is -2.52. The van der Waals surface area contributed by atoms with Gasteiger partial charge in [0.1, 0.15) is 5.82 Å². The first-order chi connectivity index (χ1) is 12.2. The summed E-state index contributed by atoms with van der Waals surface area (Å²) in [7, 11) is 0. The molecule has 1 aliphatic heterocycles. The zero-order valence-electron chi connectivity index (χ0n) is 14.9. The fourth-order valence-electron chi connectivity index (χ4n) is 3.61. The Morgan fingerprint density at radius 2 is 1.72 bits per heavy atom. The highest BCUT2D eigenvalue weighted by Gasteiger charge is 2.27. The normalized spacial score (nSPS) is 19.2. The van der Waals surface area contributed by atoms with Crippen molar-refractivity contribution in [3.8, 4) is 0 Å². The summed E-state index contributed by atoms with van der Waals surface area (Å²) in [6, 6.07) is 15.8. The van der Waals surface area contributed by atoms with Gasteiger partial charge in [0.05, 0.1) is 0 Å². The van der Waals surface area contributed by atoms with Crippen LogP contribution < -0.4 is 0 Å². The lowest BCUT2D eigenvalue weighted by Gasteiger charge is -2.41. The predicted molar refractivity (Wildman–Crippen MR) is 98.8 cm³/mol. The highest BCUT2D eigenvalue weighted by atomic mass is 19.1. The molecule has 0 bridgehead atoms. The van der Waals surface area contributed by atoms with Crippen LogP contribution in [0, 0.1) is 12.7 Å². The molecule has 1 aliphatic rings. The molecule has 1 atom stereocenters. The molecule has 0 aromatic heterocycles. The minimum Gasteiger partial charge on any atom is -0.396 e. The van der Waals surface area contributed by atoms with Crippen molar-refractivity contribution in [1.29, 1.82) is 0 Å². The molecule has 1 N–H and O–H groups in total. The van der Waals surface area contributed by atoms with Crippen LogP contribution in [0.4, 0.5) is 4.39 Å². The summed E-state index contributed by atoms with van der Waals surface area (Å²) in [6.07, 6.45) is 0.750. The Bertz CT molecular complexity index is 691. The van der Waals surface area contributed by atoms with E-state index in [1.165, 1.54) is 17.2 Å². The van der Waals surface area contributed by atoms with Gasteiger partial charge in [-0.3, -0.25) is 9.80 Å². The second-order valence-electron chi connectivity index (χ2n) is 6.89. The van der Waals surface area contributed by atoms with Gasteiger partial charge in [-0.25, -0.2) is 4.39 Å². The van der Waals surface area contributed by atoms with E-state index in [0.29, 0.717) is 12.6 Å². The zero-order chi connectivity index (χ0) is 17.6. The monoisotopic (exact) mass is 342 g/mol. The maximum atomic E-state index is 13.9. The van der Waals surface area contributed by atoms with E-state index >= 15 is 0 Å². The van der Waals surface area contributed by atoms with Gasteiger partial charge in [0.25, 0.3) is 0 Å². The number of piperazine rings is 1. The molecule has 0 saturated carbocycles. The minimum atomic E-state index is -0.136. The molecule has 0 spiro atoms. The number of aliphatic hydroxyl groups excluding tert-OH is 1. The number of benzene rings is 2. The van der Waals surface area contributed by atoms with Crippen molar-refractivity contribution < 1.29 is 9.50 Å². The quantitative estimate of drug-likeness (QED) is 0.873. The molecule has 0 unspecified atom stereocenters. The standard InChI is InChI=1S/C21H27FN2O/c1-17-6-2-3-7-18(17)15-24-12-11-23(16-20(24)10-13-25)14-19-8-4-5-9-21(19)22/h2-9,20,25H,10-16H2,1H3/t20-/m1/s1. The van der Waals surface area contributed by atoms with Crippen LogP contribution in [-0.4, -0.2) is 47.2 Å². The summed E-state index contributed by atoms with van der Waals surface area (Å²) < 4.78 is 13.9.